The molecule has 1 rings (SSSR count). The molecule has 5 heteroatoms. The first-order valence-electron chi connectivity index (χ1n) is 4.80. The van der Waals surface area contributed by atoms with Crippen LogP contribution in [0, 0.1) is 5.82 Å². The highest BCUT2D eigenvalue weighted by Crippen LogP contribution is 2.18. The zero-order valence-corrected chi connectivity index (χ0v) is 10.4. The van der Waals surface area contributed by atoms with Gasteiger partial charge in [-0.05, 0) is 24.6 Å². The van der Waals surface area contributed by atoms with Crippen LogP contribution >= 0.6 is 15.9 Å². The number of hydrogen-bond acceptors (Lipinski definition) is 3. The molecule has 0 N–H and O–H groups in total. The first-order chi connectivity index (χ1) is 7.63. The summed E-state index contributed by atoms with van der Waals surface area (Å²) in [5.74, 6) is -0.721. The minimum Gasteiger partial charge on any atom is -0.464 e. The highest BCUT2D eigenvalue weighted by molar-refractivity contribution is 9.10. The third-order valence-corrected chi connectivity index (χ3v) is 2.54. The Hall–Kier alpha value is -0.940. The van der Waals surface area contributed by atoms with Crippen LogP contribution in [0.2, 0.25) is 0 Å². The molecule has 0 aromatic heterocycles. The van der Waals surface area contributed by atoms with Gasteiger partial charge in [0.15, 0.2) is 0 Å². The van der Waals surface area contributed by atoms with Crippen molar-refractivity contribution >= 4 is 21.9 Å². The smallest absolute Gasteiger partial charge is 0.332 e. The Bertz CT molecular complexity index is 368. The predicted molar refractivity (Wildman–Crippen MR) is 60.4 cm³/mol. The predicted octanol–water partition coefficient (Wildman–Crippen LogP) is 2.67. The van der Waals surface area contributed by atoms with Crippen molar-refractivity contribution in [2.24, 2.45) is 0 Å². The molecular weight excluding hydrogens is 279 g/mol. The molecule has 0 heterocycles. The third-order valence-electron chi connectivity index (χ3n) is 1.80. The second-order valence-electron chi connectivity index (χ2n) is 3.03. The number of benzene rings is 1. The third kappa shape index (κ3) is 4.28. The second kappa shape index (κ2) is 6.60. The van der Waals surface area contributed by atoms with E-state index in [0.29, 0.717) is 11.1 Å². The lowest BCUT2D eigenvalue weighted by atomic mass is 10.2. The van der Waals surface area contributed by atoms with Gasteiger partial charge in [0, 0.05) is 4.47 Å². The molecular formula is C11H12BrFO3. The first kappa shape index (κ1) is 13.1. The molecule has 0 saturated carbocycles. The van der Waals surface area contributed by atoms with Crippen LogP contribution in [0.15, 0.2) is 22.7 Å². The summed E-state index contributed by atoms with van der Waals surface area (Å²) >= 11 is 3.21. The van der Waals surface area contributed by atoms with Crippen LogP contribution in [0.4, 0.5) is 4.39 Å². The summed E-state index contributed by atoms with van der Waals surface area (Å²) < 4.78 is 23.2. The standard InChI is InChI=1S/C11H12BrFO3/c1-2-16-11(14)7-15-6-8-3-4-9(13)5-10(8)12/h3-5H,2,6-7H2,1H3. The number of carbonyl (C=O) groups is 1. The van der Waals surface area contributed by atoms with Gasteiger partial charge < -0.3 is 9.47 Å². The van der Waals surface area contributed by atoms with E-state index in [9.17, 15) is 9.18 Å². The van der Waals surface area contributed by atoms with Crippen molar-refractivity contribution in [2.45, 2.75) is 13.5 Å². The monoisotopic (exact) mass is 290 g/mol. The average molecular weight is 291 g/mol. The molecule has 0 bridgehead atoms. The summed E-state index contributed by atoms with van der Waals surface area (Å²) in [5.41, 5.74) is 0.783. The van der Waals surface area contributed by atoms with Gasteiger partial charge in [0.05, 0.1) is 13.2 Å². The van der Waals surface area contributed by atoms with Crippen LogP contribution < -0.4 is 0 Å². The van der Waals surface area contributed by atoms with Crippen molar-refractivity contribution in [1.82, 2.24) is 0 Å². The van der Waals surface area contributed by atoms with Gasteiger partial charge in [-0.1, -0.05) is 22.0 Å². The topological polar surface area (TPSA) is 35.5 Å². The first-order valence-corrected chi connectivity index (χ1v) is 5.60. The normalized spacial score (nSPS) is 10.2. The van der Waals surface area contributed by atoms with Crippen LogP contribution in [0.3, 0.4) is 0 Å². The molecule has 16 heavy (non-hydrogen) atoms. The fraction of sp³-hybridized carbons (Fsp3) is 0.364. The molecule has 0 spiro atoms. The second-order valence-corrected chi connectivity index (χ2v) is 3.89. The molecule has 1 aromatic carbocycles. The van der Waals surface area contributed by atoms with E-state index in [4.69, 9.17) is 9.47 Å². The van der Waals surface area contributed by atoms with E-state index in [1.165, 1.54) is 12.1 Å². The summed E-state index contributed by atoms with van der Waals surface area (Å²) in [6.07, 6.45) is 0. The lowest BCUT2D eigenvalue weighted by Crippen LogP contribution is -2.12. The lowest BCUT2D eigenvalue weighted by molar-refractivity contribution is -0.148. The Morgan fingerprint density at radius 2 is 2.25 bits per heavy atom. The molecule has 0 unspecified atom stereocenters. The van der Waals surface area contributed by atoms with Gasteiger partial charge in [0.25, 0.3) is 0 Å². The van der Waals surface area contributed by atoms with Crippen LogP contribution in [0.25, 0.3) is 0 Å². The van der Waals surface area contributed by atoms with Gasteiger partial charge >= 0.3 is 5.97 Å². The SMILES string of the molecule is CCOC(=O)COCc1ccc(F)cc1Br. The number of hydrogen-bond donors (Lipinski definition) is 0. The summed E-state index contributed by atoms with van der Waals surface area (Å²) in [6.45, 7) is 2.20. The Morgan fingerprint density at radius 3 is 2.88 bits per heavy atom. The van der Waals surface area contributed by atoms with Crippen molar-refractivity contribution in [3.63, 3.8) is 0 Å². The number of esters is 1. The van der Waals surface area contributed by atoms with Crippen LogP contribution in [-0.4, -0.2) is 19.2 Å². The van der Waals surface area contributed by atoms with Crippen LogP contribution in [0.5, 0.6) is 0 Å². The Morgan fingerprint density at radius 1 is 1.50 bits per heavy atom. The summed E-state index contributed by atoms with van der Waals surface area (Å²) in [6, 6.07) is 4.29. The van der Waals surface area contributed by atoms with Gasteiger partial charge in [-0.25, -0.2) is 9.18 Å². The van der Waals surface area contributed by atoms with E-state index >= 15 is 0 Å². The molecule has 0 radical (unpaired) electrons. The molecule has 88 valence electrons. The van der Waals surface area contributed by atoms with Crippen molar-refractivity contribution < 1.29 is 18.7 Å². The van der Waals surface area contributed by atoms with E-state index in [2.05, 4.69) is 15.9 Å². The molecule has 0 aliphatic rings. The molecule has 0 aliphatic heterocycles. The summed E-state index contributed by atoms with van der Waals surface area (Å²) in [7, 11) is 0. The van der Waals surface area contributed by atoms with Gasteiger partial charge in [0.2, 0.25) is 0 Å². The van der Waals surface area contributed by atoms with E-state index in [-0.39, 0.29) is 19.0 Å². The molecule has 0 fully saturated rings. The zero-order valence-electron chi connectivity index (χ0n) is 8.83. The van der Waals surface area contributed by atoms with Crippen LogP contribution in [0.1, 0.15) is 12.5 Å². The maximum absolute atomic E-state index is 12.8. The molecule has 0 atom stereocenters. The Balaban J connectivity index is 2.40. The highest BCUT2D eigenvalue weighted by atomic mass is 79.9. The number of rotatable bonds is 5. The summed E-state index contributed by atoms with van der Waals surface area (Å²) in [5, 5.41) is 0. The van der Waals surface area contributed by atoms with Gasteiger partial charge in [0.1, 0.15) is 12.4 Å². The molecule has 0 aliphatic carbocycles. The molecule has 1 aromatic rings. The fourth-order valence-corrected chi connectivity index (χ4v) is 1.55. The quantitative estimate of drug-likeness (QED) is 0.782. The van der Waals surface area contributed by atoms with E-state index in [1.807, 2.05) is 0 Å². The van der Waals surface area contributed by atoms with E-state index in [1.54, 1.807) is 13.0 Å². The number of carbonyl (C=O) groups excluding carboxylic acids is 1. The van der Waals surface area contributed by atoms with Crippen molar-refractivity contribution in [3.8, 4) is 0 Å². The lowest BCUT2D eigenvalue weighted by Gasteiger charge is -2.06. The van der Waals surface area contributed by atoms with Gasteiger partial charge in [-0.2, -0.15) is 0 Å². The Labute approximate surface area is 102 Å². The van der Waals surface area contributed by atoms with Gasteiger partial charge in [-0.15, -0.1) is 0 Å². The average Bonchev–Trinajstić information content (AvgIpc) is 2.22. The molecule has 3 nitrogen and oxygen atoms in total. The highest BCUT2D eigenvalue weighted by Gasteiger charge is 2.04. The molecule has 0 amide bonds. The minimum absolute atomic E-state index is 0.0995. The maximum atomic E-state index is 12.8. The van der Waals surface area contributed by atoms with E-state index < -0.39 is 5.97 Å². The fourth-order valence-electron chi connectivity index (χ4n) is 1.09. The van der Waals surface area contributed by atoms with Crippen molar-refractivity contribution in [3.05, 3.63) is 34.1 Å². The Kier molecular flexibility index (Phi) is 5.42. The zero-order chi connectivity index (χ0) is 12.0. The minimum atomic E-state index is -0.402. The number of ether oxygens (including phenoxy) is 2. The maximum Gasteiger partial charge on any atom is 0.332 e. The van der Waals surface area contributed by atoms with E-state index in [0.717, 1.165) is 5.56 Å². The number of halogens is 2. The summed E-state index contributed by atoms with van der Waals surface area (Å²) in [4.78, 5) is 11.0. The van der Waals surface area contributed by atoms with Crippen molar-refractivity contribution in [1.29, 1.82) is 0 Å². The van der Waals surface area contributed by atoms with Crippen molar-refractivity contribution in [2.75, 3.05) is 13.2 Å². The largest absolute Gasteiger partial charge is 0.464 e. The van der Waals surface area contributed by atoms with Gasteiger partial charge in [-0.3, -0.25) is 0 Å². The molecule has 0 saturated heterocycles. The van der Waals surface area contributed by atoms with Crippen LogP contribution in [-0.2, 0) is 20.9 Å².